The van der Waals surface area contributed by atoms with Crippen LogP contribution in [0.3, 0.4) is 0 Å². The van der Waals surface area contributed by atoms with E-state index in [1.807, 2.05) is 36.4 Å². The third-order valence-corrected chi connectivity index (χ3v) is 3.09. The SMILES string of the molecule is COC(OC)c1cccc(O)c1Cc1ccccc1. The van der Waals surface area contributed by atoms with Crippen molar-refractivity contribution in [3.05, 3.63) is 65.2 Å². The fourth-order valence-corrected chi connectivity index (χ4v) is 2.16. The lowest BCUT2D eigenvalue weighted by Gasteiger charge is -2.18. The van der Waals surface area contributed by atoms with E-state index in [1.54, 1.807) is 26.4 Å². The number of rotatable bonds is 5. The molecule has 1 N–H and O–H groups in total. The highest BCUT2D eigenvalue weighted by atomic mass is 16.7. The van der Waals surface area contributed by atoms with Crippen molar-refractivity contribution in [2.45, 2.75) is 12.7 Å². The summed E-state index contributed by atoms with van der Waals surface area (Å²) in [5.41, 5.74) is 2.83. The molecule has 2 rings (SSSR count). The van der Waals surface area contributed by atoms with E-state index < -0.39 is 6.29 Å². The molecule has 0 fully saturated rings. The van der Waals surface area contributed by atoms with Gasteiger partial charge in [-0.15, -0.1) is 0 Å². The molecule has 0 heterocycles. The summed E-state index contributed by atoms with van der Waals surface area (Å²) in [6.45, 7) is 0. The van der Waals surface area contributed by atoms with E-state index in [0.717, 1.165) is 16.7 Å². The average Bonchev–Trinajstić information content (AvgIpc) is 2.45. The molecule has 0 amide bonds. The van der Waals surface area contributed by atoms with Crippen LogP contribution in [0.5, 0.6) is 5.75 Å². The highest BCUT2D eigenvalue weighted by molar-refractivity contribution is 5.43. The van der Waals surface area contributed by atoms with Crippen molar-refractivity contribution >= 4 is 0 Å². The molecule has 19 heavy (non-hydrogen) atoms. The first-order chi connectivity index (χ1) is 9.26. The minimum atomic E-state index is -0.467. The van der Waals surface area contributed by atoms with Crippen LogP contribution < -0.4 is 0 Å². The number of ether oxygens (including phenoxy) is 2. The molecule has 2 aromatic rings. The number of phenols is 1. The second-order valence-corrected chi connectivity index (χ2v) is 4.31. The van der Waals surface area contributed by atoms with Crippen molar-refractivity contribution in [1.82, 2.24) is 0 Å². The summed E-state index contributed by atoms with van der Waals surface area (Å²) >= 11 is 0. The lowest BCUT2D eigenvalue weighted by atomic mass is 9.98. The fourth-order valence-electron chi connectivity index (χ4n) is 2.16. The highest BCUT2D eigenvalue weighted by Gasteiger charge is 2.16. The summed E-state index contributed by atoms with van der Waals surface area (Å²) in [6, 6.07) is 15.4. The lowest BCUT2D eigenvalue weighted by Crippen LogP contribution is -2.07. The largest absolute Gasteiger partial charge is 0.508 e. The topological polar surface area (TPSA) is 38.7 Å². The minimum absolute atomic E-state index is 0.264. The molecule has 0 unspecified atom stereocenters. The number of benzene rings is 2. The van der Waals surface area contributed by atoms with E-state index in [2.05, 4.69) is 0 Å². The highest BCUT2D eigenvalue weighted by Crippen LogP contribution is 2.30. The van der Waals surface area contributed by atoms with E-state index in [0.29, 0.717) is 6.42 Å². The molecule has 3 heteroatoms. The summed E-state index contributed by atoms with van der Waals surface area (Å²) in [4.78, 5) is 0. The lowest BCUT2D eigenvalue weighted by molar-refractivity contribution is -0.106. The first-order valence-corrected chi connectivity index (χ1v) is 6.16. The van der Waals surface area contributed by atoms with Crippen molar-refractivity contribution < 1.29 is 14.6 Å². The van der Waals surface area contributed by atoms with Gasteiger partial charge in [0.25, 0.3) is 0 Å². The second kappa shape index (κ2) is 6.36. The Morgan fingerprint density at radius 1 is 0.947 bits per heavy atom. The molecule has 0 radical (unpaired) electrons. The second-order valence-electron chi connectivity index (χ2n) is 4.31. The van der Waals surface area contributed by atoms with Gasteiger partial charge in [-0.25, -0.2) is 0 Å². The van der Waals surface area contributed by atoms with Gasteiger partial charge in [-0.3, -0.25) is 0 Å². The maximum absolute atomic E-state index is 10.1. The predicted octanol–water partition coefficient (Wildman–Crippen LogP) is 3.27. The molecule has 0 bridgehead atoms. The summed E-state index contributed by atoms with van der Waals surface area (Å²) in [7, 11) is 3.18. The molecular formula is C16H18O3. The predicted molar refractivity (Wildman–Crippen MR) is 74.1 cm³/mol. The fraction of sp³-hybridized carbons (Fsp3) is 0.250. The van der Waals surface area contributed by atoms with Gasteiger partial charge in [0, 0.05) is 31.8 Å². The molecule has 0 atom stereocenters. The zero-order chi connectivity index (χ0) is 13.7. The van der Waals surface area contributed by atoms with Crippen LogP contribution >= 0.6 is 0 Å². The Morgan fingerprint density at radius 2 is 1.63 bits per heavy atom. The number of hydrogen-bond donors (Lipinski definition) is 1. The van der Waals surface area contributed by atoms with Gasteiger partial charge in [0.2, 0.25) is 0 Å². The molecular weight excluding hydrogens is 240 g/mol. The van der Waals surface area contributed by atoms with Crippen LogP contribution in [-0.4, -0.2) is 19.3 Å². The normalized spacial score (nSPS) is 10.9. The Morgan fingerprint density at radius 3 is 2.26 bits per heavy atom. The molecule has 100 valence electrons. The van der Waals surface area contributed by atoms with Crippen molar-refractivity contribution in [2.24, 2.45) is 0 Å². The van der Waals surface area contributed by atoms with Gasteiger partial charge in [0.15, 0.2) is 6.29 Å². The summed E-state index contributed by atoms with van der Waals surface area (Å²) < 4.78 is 10.6. The Balaban J connectivity index is 2.38. The van der Waals surface area contributed by atoms with Crippen molar-refractivity contribution in [3.63, 3.8) is 0 Å². The maximum atomic E-state index is 10.1. The average molecular weight is 258 g/mol. The summed E-state index contributed by atoms with van der Waals surface area (Å²) in [6.07, 6.45) is 0.178. The smallest absolute Gasteiger partial charge is 0.183 e. The number of methoxy groups -OCH3 is 2. The maximum Gasteiger partial charge on any atom is 0.183 e. The summed E-state index contributed by atoms with van der Waals surface area (Å²) in [5, 5.41) is 10.1. The summed E-state index contributed by atoms with van der Waals surface area (Å²) in [5.74, 6) is 0.264. The molecule has 0 saturated carbocycles. The van der Waals surface area contributed by atoms with Crippen LogP contribution in [0.4, 0.5) is 0 Å². The number of aromatic hydroxyl groups is 1. The molecule has 0 spiro atoms. The van der Waals surface area contributed by atoms with Crippen molar-refractivity contribution in [3.8, 4) is 5.75 Å². The van der Waals surface area contributed by atoms with E-state index in [1.165, 1.54) is 0 Å². The Hall–Kier alpha value is -1.84. The molecule has 0 saturated heterocycles. The van der Waals surface area contributed by atoms with E-state index in [-0.39, 0.29) is 5.75 Å². The van der Waals surface area contributed by atoms with Crippen LogP contribution in [0.25, 0.3) is 0 Å². The molecule has 2 aromatic carbocycles. The van der Waals surface area contributed by atoms with E-state index >= 15 is 0 Å². The van der Waals surface area contributed by atoms with Crippen LogP contribution in [0.1, 0.15) is 23.0 Å². The Kier molecular flexibility index (Phi) is 4.55. The zero-order valence-corrected chi connectivity index (χ0v) is 11.2. The van der Waals surface area contributed by atoms with Gasteiger partial charge in [0.1, 0.15) is 5.75 Å². The molecule has 3 nitrogen and oxygen atoms in total. The Bertz CT molecular complexity index is 519. The van der Waals surface area contributed by atoms with Gasteiger partial charge in [-0.2, -0.15) is 0 Å². The standard InChI is InChI=1S/C16H18O3/c1-18-16(19-2)13-9-6-10-15(17)14(13)11-12-7-4-3-5-8-12/h3-10,16-17H,11H2,1-2H3. The quantitative estimate of drug-likeness (QED) is 0.836. The molecule has 0 aliphatic heterocycles. The van der Waals surface area contributed by atoms with Gasteiger partial charge in [-0.05, 0) is 11.6 Å². The molecule has 0 aliphatic rings. The molecule has 0 aromatic heterocycles. The van der Waals surface area contributed by atoms with Crippen molar-refractivity contribution in [1.29, 1.82) is 0 Å². The van der Waals surface area contributed by atoms with Gasteiger partial charge in [0.05, 0.1) is 0 Å². The number of hydrogen-bond acceptors (Lipinski definition) is 3. The van der Waals surface area contributed by atoms with E-state index in [4.69, 9.17) is 9.47 Å². The monoisotopic (exact) mass is 258 g/mol. The van der Waals surface area contributed by atoms with Gasteiger partial charge < -0.3 is 14.6 Å². The third kappa shape index (κ3) is 3.13. The van der Waals surface area contributed by atoms with Gasteiger partial charge >= 0.3 is 0 Å². The van der Waals surface area contributed by atoms with Gasteiger partial charge in [-0.1, -0.05) is 42.5 Å². The minimum Gasteiger partial charge on any atom is -0.508 e. The van der Waals surface area contributed by atoms with Crippen LogP contribution in [-0.2, 0) is 15.9 Å². The van der Waals surface area contributed by atoms with Crippen LogP contribution in [0.15, 0.2) is 48.5 Å². The number of phenolic OH excluding ortho intramolecular Hbond substituents is 1. The Labute approximate surface area is 113 Å². The van der Waals surface area contributed by atoms with Crippen LogP contribution in [0.2, 0.25) is 0 Å². The third-order valence-electron chi connectivity index (χ3n) is 3.09. The zero-order valence-electron chi connectivity index (χ0n) is 11.2. The first-order valence-electron chi connectivity index (χ1n) is 6.16. The molecule has 0 aliphatic carbocycles. The van der Waals surface area contributed by atoms with Crippen LogP contribution in [0, 0.1) is 0 Å². The van der Waals surface area contributed by atoms with E-state index in [9.17, 15) is 5.11 Å². The first kappa shape index (κ1) is 13.6. The van der Waals surface area contributed by atoms with Crippen molar-refractivity contribution in [2.75, 3.05) is 14.2 Å².